The smallest absolute Gasteiger partial charge is 0.240 e. The summed E-state index contributed by atoms with van der Waals surface area (Å²) in [4.78, 5) is 11.8. The quantitative estimate of drug-likeness (QED) is 0.638. The van der Waals surface area contributed by atoms with E-state index in [9.17, 15) is 17.6 Å². The van der Waals surface area contributed by atoms with E-state index in [2.05, 4.69) is 0 Å². The van der Waals surface area contributed by atoms with Crippen LogP contribution in [0, 0.1) is 12.7 Å². The number of carbonyl (C=O) groups is 1. The van der Waals surface area contributed by atoms with Crippen molar-refractivity contribution in [2.75, 3.05) is 0 Å². The van der Waals surface area contributed by atoms with Crippen LogP contribution in [0.25, 0.3) is 22.5 Å². The van der Waals surface area contributed by atoms with Crippen LogP contribution in [0.4, 0.5) is 4.39 Å². The number of nitrogens with two attached hydrogens (primary N) is 1. The number of rotatable bonds is 4. The summed E-state index contributed by atoms with van der Waals surface area (Å²) in [6, 6.07) is 10.8. The molecule has 3 aromatic rings. The van der Waals surface area contributed by atoms with Crippen molar-refractivity contribution < 1.29 is 17.6 Å². The van der Waals surface area contributed by atoms with E-state index >= 15 is 0 Å². The minimum Gasteiger partial charge on any atom is -0.343 e. The maximum absolute atomic E-state index is 14.4. The molecule has 0 aliphatic rings. The van der Waals surface area contributed by atoms with Gasteiger partial charge in [-0.25, -0.2) is 17.9 Å². The first-order valence-electron chi connectivity index (χ1n) is 8.31. The molecule has 3 rings (SSSR count). The van der Waals surface area contributed by atoms with Crippen LogP contribution in [0.2, 0.25) is 5.02 Å². The third kappa shape index (κ3) is 3.48. The maximum atomic E-state index is 14.4. The molecule has 5 nitrogen and oxygen atoms in total. The average Bonchev–Trinajstić information content (AvgIpc) is 2.85. The average molecular weight is 421 g/mol. The molecule has 0 bridgehead atoms. The van der Waals surface area contributed by atoms with Crippen molar-refractivity contribution in [2.45, 2.75) is 18.7 Å². The number of aromatic nitrogens is 1. The summed E-state index contributed by atoms with van der Waals surface area (Å²) in [6.45, 7) is 3.26. The normalized spacial score (nSPS) is 11.6. The van der Waals surface area contributed by atoms with Crippen LogP contribution in [0.15, 0.2) is 47.4 Å². The number of carbonyl (C=O) groups excluding carboxylic acids is 1. The van der Waals surface area contributed by atoms with Crippen molar-refractivity contribution in [1.82, 2.24) is 4.57 Å². The summed E-state index contributed by atoms with van der Waals surface area (Å²) < 4.78 is 39.2. The van der Waals surface area contributed by atoms with E-state index in [0.29, 0.717) is 21.8 Å². The summed E-state index contributed by atoms with van der Waals surface area (Å²) in [5.74, 6) is -1.15. The van der Waals surface area contributed by atoms with Crippen LogP contribution in [-0.4, -0.2) is 18.8 Å². The third-order valence-corrected chi connectivity index (χ3v) is 5.82. The summed E-state index contributed by atoms with van der Waals surface area (Å²) in [7, 11) is -2.41. The molecule has 0 radical (unpaired) electrons. The van der Waals surface area contributed by atoms with Crippen LogP contribution in [0.3, 0.4) is 0 Å². The molecule has 0 unspecified atom stereocenters. The first-order chi connectivity index (χ1) is 13.0. The monoisotopic (exact) mass is 420 g/mol. The van der Waals surface area contributed by atoms with Crippen LogP contribution in [0.1, 0.15) is 22.8 Å². The van der Waals surface area contributed by atoms with E-state index < -0.39 is 20.7 Å². The second kappa shape index (κ2) is 7.16. The molecule has 0 atom stereocenters. The van der Waals surface area contributed by atoms with Gasteiger partial charge in [-0.05, 0) is 49.2 Å². The molecule has 0 spiro atoms. The van der Waals surface area contributed by atoms with Crippen molar-refractivity contribution >= 4 is 27.4 Å². The van der Waals surface area contributed by atoms with E-state index in [1.165, 1.54) is 13.0 Å². The van der Waals surface area contributed by atoms with Gasteiger partial charge in [0.2, 0.25) is 10.0 Å². The predicted octanol–water partition coefficient (Wildman–Crippen LogP) is 4.31. The number of sulfonamides is 1. The largest absolute Gasteiger partial charge is 0.343 e. The number of nitrogens with zero attached hydrogens (tertiary/aromatic N) is 1. The van der Waals surface area contributed by atoms with Gasteiger partial charge in [-0.1, -0.05) is 29.8 Å². The Kier molecular flexibility index (Phi) is 5.18. The minimum absolute atomic E-state index is 0.181. The zero-order valence-electron chi connectivity index (χ0n) is 15.5. The molecule has 28 heavy (non-hydrogen) atoms. The lowest BCUT2D eigenvalue weighted by Gasteiger charge is -2.11. The van der Waals surface area contributed by atoms with Crippen molar-refractivity contribution in [3.05, 3.63) is 64.4 Å². The Bertz CT molecular complexity index is 1200. The van der Waals surface area contributed by atoms with Gasteiger partial charge < -0.3 is 4.57 Å². The van der Waals surface area contributed by atoms with Crippen molar-refractivity contribution in [1.29, 1.82) is 0 Å². The van der Waals surface area contributed by atoms with Crippen molar-refractivity contribution in [2.24, 2.45) is 12.2 Å². The molecule has 0 fully saturated rings. The molecule has 1 heterocycles. The van der Waals surface area contributed by atoms with Crippen LogP contribution in [-0.2, 0) is 17.1 Å². The number of primary sulfonamides is 1. The van der Waals surface area contributed by atoms with Gasteiger partial charge in [0.05, 0.1) is 11.4 Å². The molecule has 0 aliphatic carbocycles. The van der Waals surface area contributed by atoms with E-state index in [-0.39, 0.29) is 5.78 Å². The first kappa shape index (κ1) is 20.3. The Labute approximate surface area is 167 Å². The fraction of sp³-hybridized carbons (Fsp3) is 0.150. The van der Waals surface area contributed by atoms with Gasteiger partial charge >= 0.3 is 0 Å². The number of Topliss-reactive ketones (excluding diaryl/α,β-unsaturated/α-hetero) is 1. The van der Waals surface area contributed by atoms with E-state index in [4.69, 9.17) is 16.7 Å². The number of benzene rings is 2. The van der Waals surface area contributed by atoms with E-state index in [1.54, 1.807) is 23.7 Å². The molecule has 0 saturated carbocycles. The lowest BCUT2D eigenvalue weighted by molar-refractivity contribution is 0.101. The van der Waals surface area contributed by atoms with Gasteiger partial charge in [0.15, 0.2) is 5.78 Å². The SMILES string of the molecule is CC(=O)c1c(C)c(-c2ccc(Cl)cc2)n(C)c1-c1ccc(S(N)(=O)=O)c(F)c1. The molecule has 0 saturated heterocycles. The first-order valence-corrected chi connectivity index (χ1v) is 10.2. The third-order valence-electron chi connectivity index (χ3n) is 4.62. The van der Waals surface area contributed by atoms with Gasteiger partial charge in [0.25, 0.3) is 0 Å². The van der Waals surface area contributed by atoms with Gasteiger partial charge in [0, 0.05) is 23.2 Å². The van der Waals surface area contributed by atoms with Gasteiger partial charge in [-0.15, -0.1) is 0 Å². The summed E-state index contributed by atoms with van der Waals surface area (Å²) in [6.07, 6.45) is 0. The Morgan fingerprint density at radius 3 is 2.14 bits per heavy atom. The zero-order valence-corrected chi connectivity index (χ0v) is 17.0. The Morgan fingerprint density at radius 2 is 1.64 bits per heavy atom. The number of hydrogen-bond donors (Lipinski definition) is 1. The van der Waals surface area contributed by atoms with E-state index in [1.807, 2.05) is 19.1 Å². The number of ketones is 1. The summed E-state index contributed by atoms with van der Waals surface area (Å²) >= 11 is 5.97. The molecule has 2 N–H and O–H groups in total. The van der Waals surface area contributed by atoms with Crippen molar-refractivity contribution in [3.8, 4) is 22.5 Å². The standard InChI is InChI=1S/C20H18ClFN2O3S/c1-11-18(12(2)25)20(14-6-9-17(16(22)10-14)28(23,26)27)24(3)19(11)13-4-7-15(21)8-5-13/h4-10H,1-3H3,(H2,23,26,27). The lowest BCUT2D eigenvalue weighted by Crippen LogP contribution is -2.14. The highest BCUT2D eigenvalue weighted by Gasteiger charge is 2.24. The van der Waals surface area contributed by atoms with Gasteiger partial charge in [-0.3, -0.25) is 4.79 Å². The molecule has 146 valence electrons. The van der Waals surface area contributed by atoms with Crippen LogP contribution < -0.4 is 5.14 Å². The Morgan fingerprint density at radius 1 is 1.07 bits per heavy atom. The van der Waals surface area contributed by atoms with Crippen LogP contribution >= 0.6 is 11.6 Å². The predicted molar refractivity (Wildman–Crippen MR) is 107 cm³/mol. The molecule has 8 heteroatoms. The Hall–Kier alpha value is -2.48. The van der Waals surface area contributed by atoms with Crippen LogP contribution in [0.5, 0.6) is 0 Å². The second-order valence-electron chi connectivity index (χ2n) is 6.51. The highest BCUT2D eigenvalue weighted by Crippen LogP contribution is 2.37. The minimum atomic E-state index is -4.18. The molecule has 1 aromatic heterocycles. The van der Waals surface area contributed by atoms with Crippen molar-refractivity contribution in [3.63, 3.8) is 0 Å². The highest BCUT2D eigenvalue weighted by atomic mass is 35.5. The summed E-state index contributed by atoms with van der Waals surface area (Å²) in [5, 5.41) is 5.62. The van der Waals surface area contributed by atoms with E-state index in [0.717, 1.165) is 29.0 Å². The number of halogens is 2. The maximum Gasteiger partial charge on any atom is 0.240 e. The zero-order chi connectivity index (χ0) is 20.8. The molecular formula is C20H18ClFN2O3S. The molecular weight excluding hydrogens is 403 g/mol. The fourth-order valence-corrected chi connectivity index (χ4v) is 4.21. The second-order valence-corrected chi connectivity index (χ2v) is 8.48. The topological polar surface area (TPSA) is 82.2 Å². The molecule has 0 aliphatic heterocycles. The highest BCUT2D eigenvalue weighted by molar-refractivity contribution is 7.89. The summed E-state index contributed by atoms with van der Waals surface area (Å²) in [5.41, 5.74) is 3.68. The lowest BCUT2D eigenvalue weighted by atomic mass is 10.00. The van der Waals surface area contributed by atoms with Gasteiger partial charge in [0.1, 0.15) is 10.7 Å². The number of hydrogen-bond acceptors (Lipinski definition) is 3. The molecule has 2 aromatic carbocycles. The Balaban J connectivity index is 2.30. The fourth-order valence-electron chi connectivity index (χ4n) is 3.49. The van der Waals surface area contributed by atoms with Gasteiger partial charge in [-0.2, -0.15) is 0 Å². The molecule has 0 amide bonds.